The Morgan fingerprint density at radius 1 is 1.30 bits per heavy atom. The first-order valence-corrected chi connectivity index (χ1v) is 8.73. The summed E-state index contributed by atoms with van der Waals surface area (Å²) in [5, 5.41) is 9.63. The van der Waals surface area contributed by atoms with Crippen LogP contribution in [0.5, 0.6) is 0 Å². The fourth-order valence-electron chi connectivity index (χ4n) is 3.37. The molecule has 2 unspecified atom stereocenters. The monoisotopic (exact) mass is 318 g/mol. The molecule has 1 amide bonds. The summed E-state index contributed by atoms with van der Waals surface area (Å²) >= 11 is 0. The van der Waals surface area contributed by atoms with Gasteiger partial charge in [-0.2, -0.15) is 0 Å². The van der Waals surface area contributed by atoms with Gasteiger partial charge in [0, 0.05) is 18.6 Å². The molecular weight excluding hydrogens is 288 g/mol. The van der Waals surface area contributed by atoms with Gasteiger partial charge in [-0.15, -0.1) is 0 Å². The first-order valence-electron chi connectivity index (χ1n) is 8.73. The highest BCUT2D eigenvalue weighted by Gasteiger charge is 2.29. The van der Waals surface area contributed by atoms with Crippen LogP contribution < -0.4 is 0 Å². The highest BCUT2D eigenvalue weighted by molar-refractivity contribution is 5.78. The molecule has 0 saturated carbocycles. The van der Waals surface area contributed by atoms with Crippen LogP contribution in [0.25, 0.3) is 0 Å². The van der Waals surface area contributed by atoms with Crippen molar-refractivity contribution in [1.82, 2.24) is 9.80 Å². The minimum Gasteiger partial charge on any atom is -0.393 e. The molecule has 0 radical (unpaired) electrons. The Balaban J connectivity index is 1.98. The summed E-state index contributed by atoms with van der Waals surface area (Å²) in [4.78, 5) is 17.0. The number of carbonyl (C=O) groups is 1. The van der Waals surface area contributed by atoms with Crippen molar-refractivity contribution >= 4 is 5.91 Å². The quantitative estimate of drug-likeness (QED) is 0.840. The van der Waals surface area contributed by atoms with Crippen LogP contribution in [0.1, 0.15) is 45.6 Å². The molecule has 1 aliphatic heterocycles. The number of hydrogen-bond acceptors (Lipinski definition) is 3. The standard InChI is InChI=1S/C19H30N2O2/c1-15(2)21(13-17-8-5-4-6-9-17)19(23)14-20-11-7-10-18(20)12-16(3)22/h4-6,8-9,15-16,18,22H,7,10-14H2,1-3H3. The van der Waals surface area contributed by atoms with Gasteiger partial charge >= 0.3 is 0 Å². The van der Waals surface area contributed by atoms with E-state index in [0.29, 0.717) is 19.1 Å². The third kappa shape index (κ3) is 5.33. The van der Waals surface area contributed by atoms with Gasteiger partial charge in [0.1, 0.15) is 0 Å². The summed E-state index contributed by atoms with van der Waals surface area (Å²) in [7, 11) is 0. The molecule has 1 aromatic rings. The van der Waals surface area contributed by atoms with E-state index >= 15 is 0 Å². The van der Waals surface area contributed by atoms with E-state index < -0.39 is 0 Å². The van der Waals surface area contributed by atoms with Crippen LogP contribution in [0, 0.1) is 0 Å². The van der Waals surface area contributed by atoms with Crippen molar-refractivity contribution in [1.29, 1.82) is 0 Å². The molecule has 1 saturated heterocycles. The minimum absolute atomic E-state index is 0.181. The van der Waals surface area contributed by atoms with Crippen molar-refractivity contribution < 1.29 is 9.90 Å². The number of amides is 1. The molecule has 128 valence electrons. The van der Waals surface area contributed by atoms with Crippen molar-refractivity contribution in [3.05, 3.63) is 35.9 Å². The third-order valence-electron chi connectivity index (χ3n) is 4.59. The Morgan fingerprint density at radius 2 is 2.00 bits per heavy atom. The maximum Gasteiger partial charge on any atom is 0.237 e. The van der Waals surface area contributed by atoms with E-state index in [1.807, 2.05) is 30.0 Å². The van der Waals surface area contributed by atoms with Crippen LogP contribution in [0.4, 0.5) is 0 Å². The smallest absolute Gasteiger partial charge is 0.237 e. The average Bonchev–Trinajstić information content (AvgIpc) is 2.91. The molecule has 4 heteroatoms. The third-order valence-corrected chi connectivity index (χ3v) is 4.59. The molecule has 23 heavy (non-hydrogen) atoms. The van der Waals surface area contributed by atoms with Gasteiger partial charge in [-0.05, 0) is 52.1 Å². The number of likely N-dealkylation sites (tertiary alicyclic amines) is 1. The molecule has 1 fully saturated rings. The maximum absolute atomic E-state index is 12.8. The van der Waals surface area contributed by atoms with Gasteiger partial charge in [-0.3, -0.25) is 9.69 Å². The number of aliphatic hydroxyl groups is 1. The van der Waals surface area contributed by atoms with Crippen LogP contribution in [0.15, 0.2) is 30.3 Å². The van der Waals surface area contributed by atoms with Gasteiger partial charge in [0.25, 0.3) is 0 Å². The predicted octanol–water partition coefficient (Wildman–Crippen LogP) is 2.66. The highest BCUT2D eigenvalue weighted by Crippen LogP contribution is 2.22. The van der Waals surface area contributed by atoms with Gasteiger partial charge in [-0.25, -0.2) is 0 Å². The zero-order valence-corrected chi connectivity index (χ0v) is 14.6. The number of hydrogen-bond donors (Lipinski definition) is 1. The van der Waals surface area contributed by atoms with Crippen LogP contribution in [0.2, 0.25) is 0 Å². The number of nitrogens with zero attached hydrogens (tertiary/aromatic N) is 2. The molecule has 1 aromatic carbocycles. The number of aliphatic hydroxyl groups excluding tert-OH is 1. The predicted molar refractivity (Wildman–Crippen MR) is 93.0 cm³/mol. The highest BCUT2D eigenvalue weighted by atomic mass is 16.3. The summed E-state index contributed by atoms with van der Waals surface area (Å²) in [6.07, 6.45) is 2.65. The van der Waals surface area contributed by atoms with Crippen LogP contribution >= 0.6 is 0 Å². The van der Waals surface area contributed by atoms with Crippen molar-refractivity contribution in [2.75, 3.05) is 13.1 Å². The number of benzene rings is 1. The molecule has 0 bridgehead atoms. The number of carbonyl (C=O) groups excluding carboxylic acids is 1. The van der Waals surface area contributed by atoms with Gasteiger partial charge in [-0.1, -0.05) is 30.3 Å². The topological polar surface area (TPSA) is 43.8 Å². The molecule has 0 aromatic heterocycles. The Bertz CT molecular complexity index is 487. The van der Waals surface area contributed by atoms with E-state index in [9.17, 15) is 9.90 Å². The Labute approximate surface area is 140 Å². The van der Waals surface area contributed by atoms with Gasteiger partial charge in [0.2, 0.25) is 5.91 Å². The van der Waals surface area contributed by atoms with E-state index in [4.69, 9.17) is 0 Å². The lowest BCUT2D eigenvalue weighted by atomic mass is 10.1. The van der Waals surface area contributed by atoms with Crippen molar-refractivity contribution in [2.45, 2.75) is 64.8 Å². The Kier molecular flexibility index (Phi) is 6.60. The van der Waals surface area contributed by atoms with E-state index in [1.165, 1.54) is 0 Å². The van der Waals surface area contributed by atoms with Crippen molar-refractivity contribution in [3.63, 3.8) is 0 Å². The molecule has 4 nitrogen and oxygen atoms in total. The second kappa shape index (κ2) is 8.46. The molecule has 1 heterocycles. The summed E-state index contributed by atoms with van der Waals surface area (Å²) in [6, 6.07) is 10.7. The van der Waals surface area contributed by atoms with Crippen LogP contribution in [-0.4, -0.2) is 52.1 Å². The molecular formula is C19H30N2O2. The zero-order valence-electron chi connectivity index (χ0n) is 14.6. The largest absolute Gasteiger partial charge is 0.393 e. The summed E-state index contributed by atoms with van der Waals surface area (Å²) in [5.41, 5.74) is 1.16. The van der Waals surface area contributed by atoms with Gasteiger partial charge in [0.05, 0.1) is 12.6 Å². The second-order valence-electron chi connectivity index (χ2n) is 6.95. The van der Waals surface area contributed by atoms with Crippen molar-refractivity contribution in [3.8, 4) is 0 Å². The maximum atomic E-state index is 12.8. The Hall–Kier alpha value is -1.39. The van der Waals surface area contributed by atoms with Gasteiger partial charge in [0.15, 0.2) is 0 Å². The lowest BCUT2D eigenvalue weighted by molar-refractivity contribution is -0.135. The van der Waals surface area contributed by atoms with Gasteiger partial charge < -0.3 is 10.0 Å². The molecule has 1 aliphatic rings. The molecule has 0 spiro atoms. The van der Waals surface area contributed by atoms with E-state index in [1.54, 1.807) is 0 Å². The molecule has 0 aliphatic carbocycles. The van der Waals surface area contributed by atoms with E-state index in [-0.39, 0.29) is 18.1 Å². The zero-order chi connectivity index (χ0) is 16.8. The van der Waals surface area contributed by atoms with E-state index in [0.717, 1.165) is 31.4 Å². The lowest BCUT2D eigenvalue weighted by Gasteiger charge is -2.31. The van der Waals surface area contributed by atoms with Crippen LogP contribution in [0.3, 0.4) is 0 Å². The minimum atomic E-state index is -0.304. The van der Waals surface area contributed by atoms with E-state index in [2.05, 4.69) is 30.9 Å². The fraction of sp³-hybridized carbons (Fsp3) is 0.632. The first kappa shape index (κ1) is 18.0. The molecule has 1 N–H and O–H groups in total. The summed E-state index contributed by atoms with van der Waals surface area (Å²) < 4.78 is 0. The molecule has 2 atom stereocenters. The Morgan fingerprint density at radius 3 is 2.61 bits per heavy atom. The average molecular weight is 318 g/mol. The number of rotatable bonds is 7. The normalized spacial score (nSPS) is 20.0. The molecule has 2 rings (SSSR count). The summed E-state index contributed by atoms with van der Waals surface area (Å²) in [6.45, 7) is 8.04. The lowest BCUT2D eigenvalue weighted by Crippen LogP contribution is -2.45. The summed E-state index contributed by atoms with van der Waals surface area (Å²) in [5.74, 6) is 0.182. The SMILES string of the molecule is CC(O)CC1CCCN1CC(=O)N(Cc1ccccc1)C(C)C. The van der Waals surface area contributed by atoms with Crippen LogP contribution in [-0.2, 0) is 11.3 Å². The second-order valence-corrected chi connectivity index (χ2v) is 6.95. The van der Waals surface area contributed by atoms with Crippen molar-refractivity contribution in [2.24, 2.45) is 0 Å². The first-order chi connectivity index (χ1) is 11.0. The fourth-order valence-corrected chi connectivity index (χ4v) is 3.37.